The average Bonchev–Trinajstić information content (AvgIpc) is 2.76. The predicted molar refractivity (Wildman–Crippen MR) is 63.6 cm³/mol. The maximum absolute atomic E-state index is 12.3. The highest BCUT2D eigenvalue weighted by atomic mass is 16.3. The van der Waals surface area contributed by atoms with Crippen LogP contribution in [0.4, 0.5) is 0 Å². The topological polar surface area (TPSA) is 58.4 Å². The second-order valence-electron chi connectivity index (χ2n) is 4.58. The molecule has 1 fully saturated rings. The molecular weight excluding hydrogens is 218 g/mol. The van der Waals surface area contributed by atoms with Gasteiger partial charge in [0.05, 0.1) is 6.33 Å². The lowest BCUT2D eigenvalue weighted by molar-refractivity contribution is 0.0569. The van der Waals surface area contributed by atoms with Gasteiger partial charge in [-0.15, -0.1) is 0 Å². The Kier molecular flexibility index (Phi) is 3.78. The van der Waals surface area contributed by atoms with Crippen LogP contribution in [0.2, 0.25) is 0 Å². The smallest absolute Gasteiger partial charge is 0.274 e. The number of imidazole rings is 1. The Labute approximate surface area is 101 Å². The van der Waals surface area contributed by atoms with Crippen molar-refractivity contribution in [1.82, 2.24) is 14.5 Å². The Morgan fingerprint density at radius 2 is 2.41 bits per heavy atom. The third kappa shape index (κ3) is 2.66. The average molecular weight is 237 g/mol. The fourth-order valence-corrected chi connectivity index (χ4v) is 2.39. The number of hydrogen-bond acceptors (Lipinski definition) is 3. The van der Waals surface area contributed by atoms with Crippen molar-refractivity contribution in [2.45, 2.75) is 31.7 Å². The predicted octanol–water partition coefficient (Wildman–Crippen LogP) is 0.797. The van der Waals surface area contributed by atoms with Crippen LogP contribution in [0.25, 0.3) is 0 Å². The lowest BCUT2D eigenvalue weighted by Crippen LogP contribution is -2.44. The number of aliphatic hydroxyl groups excluding tert-OH is 1. The molecule has 1 saturated heterocycles. The first-order valence-electron chi connectivity index (χ1n) is 6.12. The van der Waals surface area contributed by atoms with E-state index in [4.69, 9.17) is 5.11 Å². The third-order valence-corrected chi connectivity index (χ3v) is 3.27. The van der Waals surface area contributed by atoms with Gasteiger partial charge in [0.15, 0.2) is 0 Å². The zero-order chi connectivity index (χ0) is 12.3. The Morgan fingerprint density at radius 1 is 1.59 bits per heavy atom. The number of aromatic nitrogens is 2. The number of aliphatic hydroxyl groups is 1. The van der Waals surface area contributed by atoms with E-state index in [9.17, 15) is 4.79 Å². The van der Waals surface area contributed by atoms with Crippen LogP contribution in [0.5, 0.6) is 0 Å². The number of carbonyl (C=O) groups is 1. The molecule has 0 aromatic carbocycles. The molecule has 94 valence electrons. The van der Waals surface area contributed by atoms with E-state index in [2.05, 4.69) is 4.98 Å². The van der Waals surface area contributed by atoms with Crippen LogP contribution in [0, 0.1) is 0 Å². The van der Waals surface area contributed by atoms with Crippen molar-refractivity contribution in [3.8, 4) is 0 Å². The molecule has 1 aromatic heterocycles. The van der Waals surface area contributed by atoms with Crippen molar-refractivity contribution in [1.29, 1.82) is 0 Å². The normalized spacial score (nSPS) is 20.6. The zero-order valence-corrected chi connectivity index (χ0v) is 10.2. The molecule has 1 atom stereocenters. The molecule has 0 radical (unpaired) electrons. The molecule has 1 amide bonds. The highest BCUT2D eigenvalue weighted by molar-refractivity contribution is 5.92. The van der Waals surface area contributed by atoms with Gasteiger partial charge in [-0.05, 0) is 25.7 Å². The van der Waals surface area contributed by atoms with E-state index in [0.29, 0.717) is 12.1 Å². The standard InChI is InChI=1S/C12H19N3O2/c1-14-8-11(13-9-14)12(17)15-6-3-2-4-10(15)5-7-16/h8-10,16H,2-7H2,1H3. The van der Waals surface area contributed by atoms with E-state index in [1.807, 2.05) is 11.9 Å². The molecule has 2 rings (SSSR count). The summed E-state index contributed by atoms with van der Waals surface area (Å²) in [4.78, 5) is 18.2. The number of rotatable bonds is 3. The van der Waals surface area contributed by atoms with Crippen molar-refractivity contribution in [2.24, 2.45) is 7.05 Å². The SMILES string of the molecule is Cn1cnc(C(=O)N2CCCCC2CCO)c1. The zero-order valence-electron chi connectivity index (χ0n) is 10.2. The summed E-state index contributed by atoms with van der Waals surface area (Å²) < 4.78 is 1.78. The summed E-state index contributed by atoms with van der Waals surface area (Å²) in [5.74, 6) is -0.0104. The summed E-state index contributed by atoms with van der Waals surface area (Å²) in [5.41, 5.74) is 0.498. The molecule has 17 heavy (non-hydrogen) atoms. The van der Waals surface area contributed by atoms with Crippen LogP contribution in [-0.4, -0.2) is 44.7 Å². The third-order valence-electron chi connectivity index (χ3n) is 3.27. The number of aryl methyl sites for hydroxylation is 1. The maximum atomic E-state index is 12.3. The molecule has 1 unspecified atom stereocenters. The van der Waals surface area contributed by atoms with E-state index in [1.54, 1.807) is 17.1 Å². The number of carbonyl (C=O) groups excluding carboxylic acids is 1. The van der Waals surface area contributed by atoms with Gasteiger partial charge in [0.25, 0.3) is 5.91 Å². The van der Waals surface area contributed by atoms with Gasteiger partial charge in [0.2, 0.25) is 0 Å². The van der Waals surface area contributed by atoms with Crippen LogP contribution in [0.1, 0.15) is 36.2 Å². The number of piperidine rings is 1. The number of likely N-dealkylation sites (tertiary alicyclic amines) is 1. The molecule has 2 heterocycles. The van der Waals surface area contributed by atoms with E-state index >= 15 is 0 Å². The van der Waals surface area contributed by atoms with Crippen molar-refractivity contribution < 1.29 is 9.90 Å². The Bertz CT molecular complexity index is 387. The molecule has 1 N–H and O–H groups in total. The number of hydrogen-bond donors (Lipinski definition) is 1. The summed E-state index contributed by atoms with van der Waals surface area (Å²) in [5, 5.41) is 9.04. The monoisotopic (exact) mass is 237 g/mol. The highest BCUT2D eigenvalue weighted by Gasteiger charge is 2.27. The van der Waals surface area contributed by atoms with E-state index < -0.39 is 0 Å². The second-order valence-corrected chi connectivity index (χ2v) is 4.58. The quantitative estimate of drug-likeness (QED) is 0.846. The molecule has 0 spiro atoms. The van der Waals surface area contributed by atoms with Crippen LogP contribution in [0.15, 0.2) is 12.5 Å². The largest absolute Gasteiger partial charge is 0.396 e. The Morgan fingerprint density at radius 3 is 3.06 bits per heavy atom. The molecule has 0 aliphatic carbocycles. The van der Waals surface area contributed by atoms with Crippen molar-refractivity contribution in [3.63, 3.8) is 0 Å². The summed E-state index contributed by atoms with van der Waals surface area (Å²) in [6.45, 7) is 0.913. The molecule has 5 nitrogen and oxygen atoms in total. The Balaban J connectivity index is 2.10. The number of nitrogens with zero attached hydrogens (tertiary/aromatic N) is 3. The lowest BCUT2D eigenvalue weighted by Gasteiger charge is -2.35. The van der Waals surface area contributed by atoms with Crippen LogP contribution < -0.4 is 0 Å². The number of amides is 1. The first kappa shape index (κ1) is 12.1. The first-order chi connectivity index (χ1) is 8.22. The highest BCUT2D eigenvalue weighted by Crippen LogP contribution is 2.21. The molecule has 0 bridgehead atoms. The van der Waals surface area contributed by atoms with E-state index in [-0.39, 0.29) is 18.6 Å². The maximum Gasteiger partial charge on any atom is 0.274 e. The van der Waals surface area contributed by atoms with Crippen molar-refractivity contribution in [2.75, 3.05) is 13.2 Å². The minimum Gasteiger partial charge on any atom is -0.396 e. The van der Waals surface area contributed by atoms with Crippen LogP contribution in [0.3, 0.4) is 0 Å². The van der Waals surface area contributed by atoms with Gasteiger partial charge < -0.3 is 14.6 Å². The van der Waals surface area contributed by atoms with Gasteiger partial charge in [0.1, 0.15) is 5.69 Å². The van der Waals surface area contributed by atoms with Gasteiger partial charge in [-0.2, -0.15) is 0 Å². The van der Waals surface area contributed by atoms with Gasteiger partial charge in [-0.1, -0.05) is 0 Å². The fraction of sp³-hybridized carbons (Fsp3) is 0.667. The van der Waals surface area contributed by atoms with E-state index in [0.717, 1.165) is 25.8 Å². The van der Waals surface area contributed by atoms with Gasteiger partial charge >= 0.3 is 0 Å². The summed E-state index contributed by atoms with van der Waals surface area (Å²) in [6.07, 6.45) is 7.21. The first-order valence-corrected chi connectivity index (χ1v) is 6.12. The van der Waals surface area contributed by atoms with Gasteiger partial charge in [0, 0.05) is 32.4 Å². The van der Waals surface area contributed by atoms with Crippen molar-refractivity contribution in [3.05, 3.63) is 18.2 Å². The van der Waals surface area contributed by atoms with Gasteiger partial charge in [-0.3, -0.25) is 4.79 Å². The lowest BCUT2D eigenvalue weighted by atomic mass is 9.99. The molecule has 5 heteroatoms. The van der Waals surface area contributed by atoms with Gasteiger partial charge in [-0.25, -0.2) is 4.98 Å². The molecular formula is C12H19N3O2. The molecule has 1 aliphatic rings. The van der Waals surface area contributed by atoms with Crippen molar-refractivity contribution >= 4 is 5.91 Å². The summed E-state index contributed by atoms with van der Waals surface area (Å²) in [6, 6.07) is 0.170. The molecule has 1 aromatic rings. The Hall–Kier alpha value is -1.36. The van der Waals surface area contributed by atoms with Crippen LogP contribution >= 0.6 is 0 Å². The molecule has 0 saturated carbocycles. The minimum absolute atomic E-state index is 0.0104. The van der Waals surface area contributed by atoms with Crippen LogP contribution in [-0.2, 0) is 7.05 Å². The fourth-order valence-electron chi connectivity index (χ4n) is 2.39. The van der Waals surface area contributed by atoms with E-state index in [1.165, 1.54) is 0 Å². The molecule has 1 aliphatic heterocycles. The second kappa shape index (κ2) is 5.31. The summed E-state index contributed by atoms with van der Waals surface area (Å²) >= 11 is 0. The minimum atomic E-state index is -0.0104. The summed E-state index contributed by atoms with van der Waals surface area (Å²) in [7, 11) is 1.85.